The van der Waals surface area contributed by atoms with Crippen LogP contribution in [0.25, 0.3) is 0 Å². The average Bonchev–Trinajstić information content (AvgIpc) is 2.39. The van der Waals surface area contributed by atoms with Crippen molar-refractivity contribution in [3.63, 3.8) is 0 Å². The van der Waals surface area contributed by atoms with Crippen LogP contribution in [0.5, 0.6) is 0 Å². The maximum Gasteiger partial charge on any atom is 0.124 e. The van der Waals surface area contributed by atoms with E-state index in [1.165, 1.54) is 24.3 Å². The summed E-state index contributed by atoms with van der Waals surface area (Å²) >= 11 is 9.26. The van der Waals surface area contributed by atoms with Gasteiger partial charge < -0.3 is 0 Å². The van der Waals surface area contributed by atoms with Crippen LogP contribution in [0.15, 0.2) is 40.9 Å². The number of hydrazine groups is 1. The third-order valence-electron chi connectivity index (χ3n) is 3.12. The molecule has 0 aliphatic carbocycles. The SMILES string of the molecule is NNC(Cc1cc(F)cc(Br)c1)Cc1ccc(F)cc1Cl. The van der Waals surface area contributed by atoms with Gasteiger partial charge in [-0.2, -0.15) is 0 Å². The Bertz CT molecular complexity index is 617. The summed E-state index contributed by atoms with van der Waals surface area (Å²) in [6.45, 7) is 0. The second kappa shape index (κ2) is 7.31. The van der Waals surface area contributed by atoms with Gasteiger partial charge in [0.15, 0.2) is 0 Å². The van der Waals surface area contributed by atoms with Crippen molar-refractivity contribution in [1.82, 2.24) is 5.43 Å². The van der Waals surface area contributed by atoms with Gasteiger partial charge >= 0.3 is 0 Å². The minimum absolute atomic E-state index is 0.137. The standard InChI is InChI=1S/C15H14BrClF2N2/c16-11-3-9(4-13(19)7-11)5-14(21-20)6-10-1-2-12(18)8-15(10)17/h1-4,7-8,14,21H,5-6,20H2. The quantitative estimate of drug-likeness (QED) is 0.612. The molecule has 0 spiro atoms. The van der Waals surface area contributed by atoms with Gasteiger partial charge in [-0.1, -0.05) is 33.6 Å². The zero-order valence-corrected chi connectivity index (χ0v) is 13.4. The van der Waals surface area contributed by atoms with Gasteiger partial charge in [-0.05, 0) is 54.3 Å². The van der Waals surface area contributed by atoms with Crippen LogP contribution >= 0.6 is 27.5 Å². The topological polar surface area (TPSA) is 38.0 Å². The highest BCUT2D eigenvalue weighted by Crippen LogP contribution is 2.21. The summed E-state index contributed by atoms with van der Waals surface area (Å²) in [4.78, 5) is 0. The molecule has 0 saturated carbocycles. The fraction of sp³-hybridized carbons (Fsp3) is 0.200. The number of hydrogen-bond acceptors (Lipinski definition) is 2. The fourth-order valence-electron chi connectivity index (χ4n) is 2.16. The molecule has 1 unspecified atom stereocenters. The van der Waals surface area contributed by atoms with E-state index in [1.807, 2.05) is 6.07 Å². The van der Waals surface area contributed by atoms with E-state index in [9.17, 15) is 8.78 Å². The summed E-state index contributed by atoms with van der Waals surface area (Å²) in [6, 6.07) is 8.80. The lowest BCUT2D eigenvalue weighted by atomic mass is 9.99. The molecular formula is C15H14BrClF2N2. The zero-order chi connectivity index (χ0) is 15.4. The smallest absolute Gasteiger partial charge is 0.124 e. The number of rotatable bonds is 5. The lowest BCUT2D eigenvalue weighted by Crippen LogP contribution is -2.38. The first-order valence-electron chi connectivity index (χ1n) is 6.33. The molecule has 0 aliphatic heterocycles. The van der Waals surface area contributed by atoms with Gasteiger partial charge in [0.2, 0.25) is 0 Å². The van der Waals surface area contributed by atoms with Gasteiger partial charge in [0.05, 0.1) is 0 Å². The first-order chi connectivity index (χ1) is 9.97. The van der Waals surface area contributed by atoms with E-state index in [2.05, 4.69) is 21.4 Å². The molecule has 1 atom stereocenters. The van der Waals surface area contributed by atoms with Crippen LogP contribution in [0.3, 0.4) is 0 Å². The van der Waals surface area contributed by atoms with E-state index in [4.69, 9.17) is 17.4 Å². The van der Waals surface area contributed by atoms with Crippen molar-refractivity contribution in [2.45, 2.75) is 18.9 Å². The Balaban J connectivity index is 2.12. The van der Waals surface area contributed by atoms with E-state index in [0.717, 1.165) is 11.1 Å². The van der Waals surface area contributed by atoms with Crippen molar-refractivity contribution >= 4 is 27.5 Å². The van der Waals surface area contributed by atoms with Gasteiger partial charge in [0.25, 0.3) is 0 Å². The van der Waals surface area contributed by atoms with E-state index in [0.29, 0.717) is 22.3 Å². The molecule has 0 saturated heterocycles. The first-order valence-corrected chi connectivity index (χ1v) is 7.50. The number of hydrogen-bond donors (Lipinski definition) is 2. The third-order valence-corrected chi connectivity index (χ3v) is 3.93. The Morgan fingerprint density at radius 3 is 2.48 bits per heavy atom. The third kappa shape index (κ3) is 4.74. The predicted molar refractivity (Wildman–Crippen MR) is 84.0 cm³/mol. The van der Waals surface area contributed by atoms with Gasteiger partial charge in [-0.15, -0.1) is 0 Å². The molecule has 21 heavy (non-hydrogen) atoms. The van der Waals surface area contributed by atoms with E-state index in [1.54, 1.807) is 6.07 Å². The van der Waals surface area contributed by atoms with Crippen molar-refractivity contribution in [2.75, 3.05) is 0 Å². The van der Waals surface area contributed by atoms with Crippen LogP contribution in [-0.2, 0) is 12.8 Å². The molecule has 2 rings (SSSR count). The number of nitrogens with two attached hydrogens (primary N) is 1. The zero-order valence-electron chi connectivity index (χ0n) is 11.0. The maximum absolute atomic E-state index is 13.4. The molecule has 3 N–H and O–H groups in total. The van der Waals surface area contributed by atoms with Crippen LogP contribution in [0.2, 0.25) is 5.02 Å². The molecule has 2 nitrogen and oxygen atoms in total. The van der Waals surface area contributed by atoms with Crippen LogP contribution in [0.4, 0.5) is 8.78 Å². The Kier molecular flexibility index (Phi) is 5.70. The number of nitrogens with one attached hydrogen (secondary N) is 1. The highest BCUT2D eigenvalue weighted by atomic mass is 79.9. The van der Waals surface area contributed by atoms with Crippen LogP contribution in [0, 0.1) is 11.6 Å². The molecule has 0 aliphatic rings. The number of benzene rings is 2. The molecule has 112 valence electrons. The summed E-state index contributed by atoms with van der Waals surface area (Å²) in [6.07, 6.45) is 1.05. The van der Waals surface area contributed by atoms with E-state index in [-0.39, 0.29) is 17.7 Å². The van der Waals surface area contributed by atoms with Gasteiger partial charge in [0, 0.05) is 15.5 Å². The van der Waals surface area contributed by atoms with Crippen molar-refractivity contribution in [2.24, 2.45) is 5.84 Å². The molecule has 0 fully saturated rings. The Morgan fingerprint density at radius 1 is 1.10 bits per heavy atom. The Morgan fingerprint density at radius 2 is 1.86 bits per heavy atom. The van der Waals surface area contributed by atoms with Gasteiger partial charge in [-0.25, -0.2) is 8.78 Å². The van der Waals surface area contributed by atoms with Crippen molar-refractivity contribution in [3.05, 3.63) is 68.7 Å². The van der Waals surface area contributed by atoms with Gasteiger partial charge in [-0.3, -0.25) is 11.3 Å². The molecule has 2 aromatic rings. The number of halogens is 4. The minimum Gasteiger partial charge on any atom is -0.271 e. The molecule has 0 aromatic heterocycles. The predicted octanol–water partition coefficient (Wildman–Crippen LogP) is 4.00. The van der Waals surface area contributed by atoms with Crippen molar-refractivity contribution < 1.29 is 8.78 Å². The minimum atomic E-state index is -0.380. The van der Waals surface area contributed by atoms with Crippen molar-refractivity contribution in [3.8, 4) is 0 Å². The average molecular weight is 376 g/mol. The van der Waals surface area contributed by atoms with Gasteiger partial charge in [0.1, 0.15) is 11.6 Å². The monoisotopic (exact) mass is 374 g/mol. The molecule has 2 aromatic carbocycles. The molecule has 0 bridgehead atoms. The summed E-state index contributed by atoms with van der Waals surface area (Å²) in [7, 11) is 0. The maximum atomic E-state index is 13.4. The lowest BCUT2D eigenvalue weighted by molar-refractivity contribution is 0.519. The summed E-state index contributed by atoms with van der Waals surface area (Å²) in [5.74, 6) is 4.86. The molecule has 0 heterocycles. The largest absolute Gasteiger partial charge is 0.271 e. The molecule has 0 amide bonds. The van der Waals surface area contributed by atoms with Crippen LogP contribution in [0.1, 0.15) is 11.1 Å². The fourth-order valence-corrected chi connectivity index (χ4v) is 2.91. The summed E-state index contributed by atoms with van der Waals surface area (Å²) in [5.41, 5.74) is 4.29. The molecular weight excluding hydrogens is 362 g/mol. The van der Waals surface area contributed by atoms with Crippen molar-refractivity contribution in [1.29, 1.82) is 0 Å². The normalized spacial score (nSPS) is 12.4. The van der Waals surface area contributed by atoms with Crippen LogP contribution < -0.4 is 11.3 Å². The van der Waals surface area contributed by atoms with E-state index >= 15 is 0 Å². The Hall–Kier alpha value is -1.01. The summed E-state index contributed by atoms with van der Waals surface area (Å²) < 4.78 is 27.1. The Labute approximate surface area is 135 Å². The van der Waals surface area contributed by atoms with E-state index < -0.39 is 0 Å². The second-order valence-corrected chi connectivity index (χ2v) is 6.11. The lowest BCUT2D eigenvalue weighted by Gasteiger charge is -2.17. The molecule has 0 radical (unpaired) electrons. The highest BCUT2D eigenvalue weighted by Gasteiger charge is 2.12. The highest BCUT2D eigenvalue weighted by molar-refractivity contribution is 9.10. The van der Waals surface area contributed by atoms with Crippen LogP contribution in [-0.4, -0.2) is 6.04 Å². The summed E-state index contributed by atoms with van der Waals surface area (Å²) in [5, 5.41) is 0.357. The first kappa shape index (κ1) is 16.4. The molecule has 6 heteroatoms. The second-order valence-electron chi connectivity index (χ2n) is 4.79.